The van der Waals surface area contributed by atoms with Crippen LogP contribution in [-0.4, -0.2) is 54.9 Å². The summed E-state index contributed by atoms with van der Waals surface area (Å²) < 4.78 is 5.57. The molecule has 0 aliphatic heterocycles. The molecule has 3 aromatic carbocycles. The number of H-pyrrole nitrogens is 1. The summed E-state index contributed by atoms with van der Waals surface area (Å²) in [4.78, 5) is 50.5. The van der Waals surface area contributed by atoms with Crippen molar-refractivity contribution < 1.29 is 24.2 Å². The number of aromatic nitrogens is 3. The van der Waals surface area contributed by atoms with E-state index in [1.54, 1.807) is 74.7 Å². The number of nitrogens with two attached hydrogens (primary N) is 1. The van der Waals surface area contributed by atoms with Gasteiger partial charge < -0.3 is 25.9 Å². The number of carboxylic acid groups (broad SMARTS) is 1. The zero-order chi connectivity index (χ0) is 35.9. The molecule has 5 N–H and O–H groups in total. The van der Waals surface area contributed by atoms with Crippen LogP contribution in [0.2, 0.25) is 0 Å². The van der Waals surface area contributed by atoms with Crippen molar-refractivity contribution in [1.29, 1.82) is 0 Å². The second-order valence-corrected chi connectivity index (χ2v) is 12.8. The minimum atomic E-state index is -1.14. The van der Waals surface area contributed by atoms with Crippen LogP contribution in [0.4, 0.5) is 4.79 Å². The van der Waals surface area contributed by atoms with E-state index in [1.807, 2.05) is 30.3 Å². The molecular weight excluding hydrogens is 632 g/mol. The maximum absolute atomic E-state index is 13.0. The Labute approximate surface area is 292 Å². The molecule has 262 valence electrons. The number of carbonyl (C=O) groups excluding carboxylic acids is 2. The van der Waals surface area contributed by atoms with Crippen molar-refractivity contribution in [3.8, 4) is 0 Å². The van der Waals surface area contributed by atoms with Gasteiger partial charge in [0.1, 0.15) is 11.5 Å². The Morgan fingerprint density at radius 2 is 1.66 bits per heavy atom. The Morgan fingerprint density at radius 1 is 0.920 bits per heavy atom. The number of nitrogens with zero attached hydrogens (tertiary/aromatic N) is 3. The number of fused-ring (bicyclic) bond motifs is 1. The lowest BCUT2D eigenvalue weighted by molar-refractivity contribution is -0.140. The maximum atomic E-state index is 13.0. The summed E-state index contributed by atoms with van der Waals surface area (Å²) in [6.45, 7) is 7.66. The van der Waals surface area contributed by atoms with Crippen LogP contribution in [0.15, 0.2) is 104 Å². The van der Waals surface area contributed by atoms with E-state index >= 15 is 0 Å². The fraction of sp³-hybridized carbons (Fsp3) is 0.308. The van der Waals surface area contributed by atoms with Gasteiger partial charge in [-0.1, -0.05) is 72.8 Å². The molecule has 2 heterocycles. The number of ether oxygens (including phenoxy) is 1. The number of rotatable bonds is 14. The fourth-order valence-electron chi connectivity index (χ4n) is 5.27. The van der Waals surface area contributed by atoms with Crippen molar-refractivity contribution >= 4 is 28.6 Å². The normalized spacial score (nSPS) is 11.7. The molecule has 0 aliphatic rings. The number of aromatic amines is 1. The lowest BCUT2D eigenvalue weighted by Gasteiger charge is -2.27. The van der Waals surface area contributed by atoms with Gasteiger partial charge in [0, 0.05) is 37.6 Å². The van der Waals surface area contributed by atoms with E-state index in [4.69, 9.17) is 10.5 Å². The zero-order valence-corrected chi connectivity index (χ0v) is 28.8. The molecule has 0 bridgehead atoms. The quantitative estimate of drug-likeness (QED) is 0.0584. The highest BCUT2D eigenvalue weighted by molar-refractivity contribution is 6.08. The predicted octanol–water partition coefficient (Wildman–Crippen LogP) is 6.49. The monoisotopic (exact) mass is 678 g/mol. The van der Waals surface area contributed by atoms with Crippen LogP contribution < -0.4 is 11.1 Å². The van der Waals surface area contributed by atoms with Gasteiger partial charge in [-0.3, -0.25) is 19.5 Å². The van der Waals surface area contributed by atoms with Crippen LogP contribution in [0.1, 0.15) is 66.5 Å². The van der Waals surface area contributed by atoms with Gasteiger partial charge >= 0.3 is 12.1 Å². The second-order valence-electron chi connectivity index (χ2n) is 12.8. The predicted molar refractivity (Wildman–Crippen MR) is 193 cm³/mol. The highest BCUT2D eigenvalue weighted by atomic mass is 16.6. The number of ketones is 1. The Balaban J connectivity index is 0.000000390. The SMILES string of the molecule is CC(C)(C)OC(=O)N(Cc1ccc(C(=O)C(CCCNCc2c[nH]cn2)C(=O)O)cc1)Cc1ccccn1.NCc1cccc2ccccc12. The third kappa shape index (κ3) is 11.6. The number of imidazole rings is 1. The molecular formula is C39H46N6O5. The molecule has 0 saturated carbocycles. The highest BCUT2D eigenvalue weighted by Gasteiger charge is 2.27. The first kappa shape index (κ1) is 37.4. The van der Waals surface area contributed by atoms with E-state index in [-0.39, 0.29) is 19.5 Å². The summed E-state index contributed by atoms with van der Waals surface area (Å²) in [6, 6.07) is 26.7. The first-order valence-corrected chi connectivity index (χ1v) is 16.6. The number of carboxylic acids is 1. The number of carbonyl (C=O) groups is 3. The number of hydrogen-bond donors (Lipinski definition) is 4. The number of amides is 1. The van der Waals surface area contributed by atoms with Gasteiger partial charge in [0.25, 0.3) is 0 Å². The first-order chi connectivity index (χ1) is 24.0. The van der Waals surface area contributed by atoms with E-state index in [2.05, 4.69) is 44.5 Å². The molecule has 0 aliphatic carbocycles. The van der Waals surface area contributed by atoms with Crippen molar-refractivity contribution in [2.75, 3.05) is 6.54 Å². The standard InChI is InChI=1S/C28H35N5O5.C11H11N/c1-28(2,3)38-27(37)33(18-22-7-4-5-14-31-22)17-20-9-11-21(12-10-20)25(34)24(26(35)36)8-6-13-29-15-23-16-30-19-32-23;12-8-10-6-3-5-9-4-1-2-7-11(9)10/h4-5,7,9-12,14,16,19,24,29H,6,8,13,15,17-18H2,1-3H3,(H,30,32)(H,35,36);1-7H,8,12H2. The maximum Gasteiger partial charge on any atom is 0.410 e. The van der Waals surface area contributed by atoms with Gasteiger partial charge in [-0.15, -0.1) is 0 Å². The molecule has 1 atom stereocenters. The molecule has 50 heavy (non-hydrogen) atoms. The van der Waals surface area contributed by atoms with Crippen LogP contribution >= 0.6 is 0 Å². The van der Waals surface area contributed by atoms with Gasteiger partial charge in [0.15, 0.2) is 5.78 Å². The third-order valence-corrected chi connectivity index (χ3v) is 7.76. The summed E-state index contributed by atoms with van der Waals surface area (Å²) in [5.41, 5.74) is 8.85. The number of aliphatic carboxylic acids is 1. The summed E-state index contributed by atoms with van der Waals surface area (Å²) in [7, 11) is 0. The average Bonchev–Trinajstić information content (AvgIpc) is 3.63. The highest BCUT2D eigenvalue weighted by Crippen LogP contribution is 2.20. The van der Waals surface area contributed by atoms with Gasteiger partial charge in [0.2, 0.25) is 0 Å². The van der Waals surface area contributed by atoms with Gasteiger partial charge in [-0.25, -0.2) is 9.78 Å². The number of hydrogen-bond acceptors (Lipinski definition) is 8. The van der Waals surface area contributed by atoms with Gasteiger partial charge in [-0.05, 0) is 74.2 Å². The van der Waals surface area contributed by atoms with Crippen molar-refractivity contribution in [1.82, 2.24) is 25.2 Å². The van der Waals surface area contributed by atoms with Crippen molar-refractivity contribution in [2.45, 2.75) is 65.4 Å². The summed E-state index contributed by atoms with van der Waals surface area (Å²) in [6.07, 6.45) is 5.32. The van der Waals surface area contributed by atoms with Gasteiger partial charge in [-0.2, -0.15) is 0 Å². The van der Waals surface area contributed by atoms with Crippen LogP contribution in [0, 0.1) is 5.92 Å². The summed E-state index contributed by atoms with van der Waals surface area (Å²) in [5.74, 6) is -2.71. The molecule has 1 amide bonds. The van der Waals surface area contributed by atoms with Crippen molar-refractivity contribution in [2.24, 2.45) is 11.7 Å². The fourth-order valence-corrected chi connectivity index (χ4v) is 5.27. The summed E-state index contributed by atoms with van der Waals surface area (Å²) >= 11 is 0. The number of pyridine rings is 1. The van der Waals surface area contributed by atoms with E-state index < -0.39 is 29.4 Å². The van der Waals surface area contributed by atoms with Crippen LogP contribution in [0.25, 0.3) is 10.8 Å². The lowest BCUT2D eigenvalue weighted by Crippen LogP contribution is -2.36. The Hall–Kier alpha value is -5.39. The first-order valence-electron chi connectivity index (χ1n) is 16.6. The molecule has 0 saturated heterocycles. The topological polar surface area (TPSA) is 164 Å². The smallest absolute Gasteiger partial charge is 0.410 e. The van der Waals surface area contributed by atoms with Crippen LogP contribution in [0.3, 0.4) is 0 Å². The van der Waals surface area contributed by atoms with Crippen molar-refractivity contribution in [3.05, 3.63) is 132 Å². The molecule has 0 spiro atoms. The molecule has 11 heteroatoms. The van der Waals surface area contributed by atoms with Crippen LogP contribution in [-0.2, 0) is 35.7 Å². The average molecular weight is 679 g/mol. The zero-order valence-electron chi connectivity index (χ0n) is 28.8. The molecule has 5 aromatic rings. The largest absolute Gasteiger partial charge is 0.481 e. The molecule has 0 fully saturated rings. The third-order valence-electron chi connectivity index (χ3n) is 7.76. The van der Waals surface area contributed by atoms with E-state index in [0.717, 1.165) is 11.3 Å². The molecule has 1 unspecified atom stereocenters. The Kier molecular flexibility index (Phi) is 13.8. The van der Waals surface area contributed by atoms with E-state index in [0.29, 0.717) is 37.3 Å². The molecule has 2 aromatic heterocycles. The van der Waals surface area contributed by atoms with E-state index in [9.17, 15) is 19.5 Å². The van der Waals surface area contributed by atoms with Crippen molar-refractivity contribution in [3.63, 3.8) is 0 Å². The number of benzene rings is 3. The Morgan fingerprint density at radius 3 is 2.32 bits per heavy atom. The number of Topliss-reactive ketones (excluding diaryl/α,β-unsaturated/α-hetero) is 1. The second kappa shape index (κ2) is 18.4. The van der Waals surface area contributed by atoms with Crippen LogP contribution in [0.5, 0.6) is 0 Å². The molecule has 0 radical (unpaired) electrons. The van der Waals surface area contributed by atoms with Gasteiger partial charge in [0.05, 0.1) is 24.3 Å². The minimum absolute atomic E-state index is 0.222. The number of nitrogens with one attached hydrogen (secondary N) is 2. The summed E-state index contributed by atoms with van der Waals surface area (Å²) in [5, 5.41) is 15.4. The molecule has 11 nitrogen and oxygen atoms in total. The lowest BCUT2D eigenvalue weighted by atomic mass is 9.93. The Bertz CT molecular complexity index is 1800. The molecule has 5 rings (SSSR count). The van der Waals surface area contributed by atoms with E-state index in [1.165, 1.54) is 16.3 Å². The minimum Gasteiger partial charge on any atom is -0.481 e.